The third-order valence-electron chi connectivity index (χ3n) is 3.98. The number of halogens is 1. The maximum absolute atomic E-state index is 13.7. The highest BCUT2D eigenvalue weighted by Gasteiger charge is 2.25. The Morgan fingerprint density at radius 3 is 2.84 bits per heavy atom. The fraction of sp³-hybridized carbons (Fsp3) is 0.600. The van der Waals surface area contributed by atoms with Crippen molar-refractivity contribution in [2.24, 2.45) is 5.92 Å². The van der Waals surface area contributed by atoms with Gasteiger partial charge in [-0.3, -0.25) is 0 Å². The van der Waals surface area contributed by atoms with Crippen molar-refractivity contribution in [3.8, 4) is 0 Å². The predicted octanol–water partition coefficient (Wildman–Crippen LogP) is 3.36. The summed E-state index contributed by atoms with van der Waals surface area (Å²) in [6.07, 6.45) is 4.81. The summed E-state index contributed by atoms with van der Waals surface area (Å²) in [6, 6.07) is 5.52. The van der Waals surface area contributed by atoms with Crippen molar-refractivity contribution in [1.82, 2.24) is 5.32 Å². The molecule has 1 aromatic carbocycles. The van der Waals surface area contributed by atoms with Gasteiger partial charge in [0.1, 0.15) is 5.82 Å². The molecule has 0 aliphatic heterocycles. The molecule has 0 amide bonds. The second-order valence-corrected chi connectivity index (χ2v) is 6.13. The Morgan fingerprint density at radius 2 is 2.26 bits per heavy atom. The standard InChI is InChI=1S/C15H22FNOS/c1-10(17-9-12-4-3-5-14(12)18)11-6-7-15(19-2)13(16)8-11/h6-8,10,12,14,17-18H,3-5,9H2,1-2H3. The molecule has 1 aliphatic rings. The van der Waals surface area contributed by atoms with E-state index in [0.29, 0.717) is 10.8 Å². The van der Waals surface area contributed by atoms with Crippen molar-refractivity contribution in [3.63, 3.8) is 0 Å². The van der Waals surface area contributed by atoms with Gasteiger partial charge in [-0.05, 0) is 49.6 Å². The normalized spacial score (nSPS) is 24.6. The van der Waals surface area contributed by atoms with E-state index in [-0.39, 0.29) is 18.0 Å². The molecule has 0 saturated heterocycles. The largest absolute Gasteiger partial charge is 0.393 e. The number of benzene rings is 1. The summed E-state index contributed by atoms with van der Waals surface area (Å²) >= 11 is 1.42. The number of hydrogen-bond donors (Lipinski definition) is 2. The SMILES string of the molecule is CSc1ccc(C(C)NCC2CCCC2O)cc1F. The van der Waals surface area contributed by atoms with E-state index in [1.807, 2.05) is 25.3 Å². The summed E-state index contributed by atoms with van der Waals surface area (Å²) in [4.78, 5) is 0.683. The number of thioether (sulfide) groups is 1. The van der Waals surface area contributed by atoms with Crippen LogP contribution in [0.5, 0.6) is 0 Å². The molecular formula is C15H22FNOS. The zero-order valence-electron chi connectivity index (χ0n) is 11.5. The van der Waals surface area contributed by atoms with Crippen LogP contribution in [0, 0.1) is 11.7 Å². The molecule has 0 heterocycles. The van der Waals surface area contributed by atoms with Crippen LogP contribution in [0.3, 0.4) is 0 Å². The van der Waals surface area contributed by atoms with Gasteiger partial charge in [-0.2, -0.15) is 0 Å². The first-order valence-electron chi connectivity index (χ1n) is 6.86. The van der Waals surface area contributed by atoms with E-state index in [9.17, 15) is 9.50 Å². The molecule has 4 heteroatoms. The molecule has 0 radical (unpaired) electrons. The highest BCUT2D eigenvalue weighted by molar-refractivity contribution is 7.98. The van der Waals surface area contributed by atoms with Gasteiger partial charge in [0.2, 0.25) is 0 Å². The lowest BCUT2D eigenvalue weighted by Crippen LogP contribution is -2.29. The van der Waals surface area contributed by atoms with Gasteiger partial charge in [-0.25, -0.2) is 4.39 Å². The Morgan fingerprint density at radius 1 is 1.47 bits per heavy atom. The van der Waals surface area contributed by atoms with Crippen LogP contribution in [0.4, 0.5) is 4.39 Å². The smallest absolute Gasteiger partial charge is 0.137 e. The molecule has 1 fully saturated rings. The predicted molar refractivity (Wildman–Crippen MR) is 77.9 cm³/mol. The second-order valence-electron chi connectivity index (χ2n) is 5.28. The molecule has 2 nitrogen and oxygen atoms in total. The van der Waals surface area contributed by atoms with E-state index in [1.54, 1.807) is 6.07 Å². The van der Waals surface area contributed by atoms with Crippen LogP contribution in [-0.4, -0.2) is 24.0 Å². The minimum absolute atomic E-state index is 0.109. The lowest BCUT2D eigenvalue weighted by Gasteiger charge is -2.20. The first-order chi connectivity index (χ1) is 9.11. The van der Waals surface area contributed by atoms with Crippen molar-refractivity contribution < 1.29 is 9.50 Å². The van der Waals surface area contributed by atoms with E-state index < -0.39 is 0 Å². The number of rotatable bonds is 5. The van der Waals surface area contributed by atoms with Gasteiger partial charge in [0.15, 0.2) is 0 Å². The van der Waals surface area contributed by atoms with E-state index in [0.717, 1.165) is 31.4 Å². The van der Waals surface area contributed by atoms with Crippen LogP contribution in [0.1, 0.15) is 37.8 Å². The van der Waals surface area contributed by atoms with E-state index >= 15 is 0 Å². The second kappa shape index (κ2) is 6.73. The van der Waals surface area contributed by atoms with Gasteiger partial charge in [0, 0.05) is 17.5 Å². The zero-order chi connectivity index (χ0) is 13.8. The molecule has 2 rings (SSSR count). The molecule has 19 heavy (non-hydrogen) atoms. The maximum atomic E-state index is 13.7. The average molecular weight is 283 g/mol. The summed E-state index contributed by atoms with van der Waals surface area (Å²) < 4.78 is 13.7. The lowest BCUT2D eigenvalue weighted by atomic mass is 10.0. The zero-order valence-corrected chi connectivity index (χ0v) is 12.3. The van der Waals surface area contributed by atoms with E-state index in [1.165, 1.54) is 11.8 Å². The maximum Gasteiger partial charge on any atom is 0.137 e. The molecule has 0 spiro atoms. The van der Waals surface area contributed by atoms with Gasteiger partial charge in [-0.1, -0.05) is 12.5 Å². The van der Waals surface area contributed by atoms with Crippen molar-refractivity contribution >= 4 is 11.8 Å². The summed E-state index contributed by atoms with van der Waals surface area (Å²) in [5.74, 6) is 0.192. The Balaban J connectivity index is 1.92. The van der Waals surface area contributed by atoms with Gasteiger partial charge in [-0.15, -0.1) is 11.8 Å². The monoisotopic (exact) mass is 283 g/mol. The van der Waals surface area contributed by atoms with Gasteiger partial charge in [0.05, 0.1) is 6.10 Å². The van der Waals surface area contributed by atoms with E-state index in [2.05, 4.69) is 5.32 Å². The third-order valence-corrected chi connectivity index (χ3v) is 4.75. The molecule has 0 bridgehead atoms. The van der Waals surface area contributed by atoms with Crippen molar-refractivity contribution in [1.29, 1.82) is 0 Å². The lowest BCUT2D eigenvalue weighted by molar-refractivity contribution is 0.130. The van der Waals surface area contributed by atoms with Gasteiger partial charge in [0.25, 0.3) is 0 Å². The minimum Gasteiger partial charge on any atom is -0.393 e. The summed E-state index contributed by atoms with van der Waals surface area (Å²) in [5, 5.41) is 13.2. The Hall–Kier alpha value is -0.580. The van der Waals surface area contributed by atoms with Crippen LogP contribution < -0.4 is 5.32 Å². The summed E-state index contributed by atoms with van der Waals surface area (Å²) in [5.41, 5.74) is 0.961. The quantitative estimate of drug-likeness (QED) is 0.813. The number of nitrogens with one attached hydrogen (secondary N) is 1. The number of aliphatic hydroxyl groups is 1. The molecule has 3 atom stereocenters. The molecular weight excluding hydrogens is 261 g/mol. The van der Waals surface area contributed by atoms with Crippen LogP contribution in [-0.2, 0) is 0 Å². The molecule has 1 saturated carbocycles. The first kappa shape index (κ1) is 14.8. The molecule has 1 aromatic rings. The third kappa shape index (κ3) is 3.71. The highest BCUT2D eigenvalue weighted by Crippen LogP contribution is 2.26. The summed E-state index contributed by atoms with van der Waals surface area (Å²) in [6.45, 7) is 2.84. The Kier molecular flexibility index (Phi) is 5.25. The number of aliphatic hydroxyl groups excluding tert-OH is 1. The molecule has 3 unspecified atom stereocenters. The van der Waals surface area contributed by atoms with Gasteiger partial charge < -0.3 is 10.4 Å². The Bertz CT molecular complexity index is 427. The fourth-order valence-electron chi connectivity index (χ4n) is 2.65. The minimum atomic E-state index is -0.171. The molecule has 0 aromatic heterocycles. The van der Waals surface area contributed by atoms with Gasteiger partial charge >= 0.3 is 0 Å². The highest BCUT2D eigenvalue weighted by atomic mass is 32.2. The number of hydrogen-bond acceptors (Lipinski definition) is 3. The molecule has 2 N–H and O–H groups in total. The van der Waals surface area contributed by atoms with Crippen molar-refractivity contribution in [2.45, 2.75) is 43.2 Å². The molecule has 1 aliphatic carbocycles. The van der Waals surface area contributed by atoms with Crippen molar-refractivity contribution in [3.05, 3.63) is 29.6 Å². The van der Waals surface area contributed by atoms with Crippen LogP contribution >= 0.6 is 11.8 Å². The van der Waals surface area contributed by atoms with Crippen LogP contribution in [0.25, 0.3) is 0 Å². The Labute approximate surface area is 118 Å². The molecule has 106 valence electrons. The van der Waals surface area contributed by atoms with Crippen LogP contribution in [0.2, 0.25) is 0 Å². The fourth-order valence-corrected chi connectivity index (χ4v) is 3.11. The average Bonchev–Trinajstić information content (AvgIpc) is 2.81. The van der Waals surface area contributed by atoms with Crippen LogP contribution in [0.15, 0.2) is 23.1 Å². The topological polar surface area (TPSA) is 32.3 Å². The van der Waals surface area contributed by atoms with E-state index in [4.69, 9.17) is 0 Å². The summed E-state index contributed by atoms with van der Waals surface area (Å²) in [7, 11) is 0. The first-order valence-corrected chi connectivity index (χ1v) is 8.09. The van der Waals surface area contributed by atoms with Crippen molar-refractivity contribution in [2.75, 3.05) is 12.8 Å².